The van der Waals surface area contributed by atoms with Crippen molar-refractivity contribution in [3.05, 3.63) is 35.9 Å². The predicted octanol–water partition coefficient (Wildman–Crippen LogP) is 2.54. The number of likely N-dealkylation sites (tertiary alicyclic amines) is 1. The number of likely N-dealkylation sites (N-methyl/N-ethyl adjacent to an activating group) is 1. The van der Waals surface area contributed by atoms with E-state index >= 15 is 0 Å². The molecular weight excluding hydrogens is 292 g/mol. The zero-order chi connectivity index (χ0) is 16.5. The van der Waals surface area contributed by atoms with Crippen molar-refractivity contribution in [3.63, 3.8) is 0 Å². The number of aliphatic hydroxyl groups is 1. The largest absolute Gasteiger partial charge is 0.445 e. The minimum Gasteiger partial charge on any atom is -0.445 e. The number of hydrogen-bond acceptors (Lipinski definition) is 4. The zero-order valence-corrected chi connectivity index (χ0v) is 13.9. The maximum absolute atomic E-state index is 12.5. The van der Waals surface area contributed by atoms with E-state index in [-0.39, 0.29) is 24.8 Å². The molecule has 0 unspecified atom stereocenters. The van der Waals surface area contributed by atoms with E-state index in [0.717, 1.165) is 37.9 Å². The van der Waals surface area contributed by atoms with Crippen LogP contribution in [0.2, 0.25) is 0 Å². The van der Waals surface area contributed by atoms with E-state index in [2.05, 4.69) is 5.32 Å². The summed E-state index contributed by atoms with van der Waals surface area (Å²) in [6, 6.07) is 9.95. The maximum atomic E-state index is 12.5. The van der Waals surface area contributed by atoms with Gasteiger partial charge in [-0.3, -0.25) is 0 Å². The third-order valence-corrected chi connectivity index (χ3v) is 4.36. The van der Waals surface area contributed by atoms with Crippen molar-refractivity contribution in [2.75, 3.05) is 19.7 Å². The summed E-state index contributed by atoms with van der Waals surface area (Å²) in [5.41, 5.74) is 0.994. The van der Waals surface area contributed by atoms with Crippen LogP contribution < -0.4 is 5.32 Å². The minimum atomic E-state index is -0.251. The molecular formula is C18H28N2O3. The summed E-state index contributed by atoms with van der Waals surface area (Å²) in [5, 5.41) is 12.7. The van der Waals surface area contributed by atoms with Gasteiger partial charge in [-0.25, -0.2) is 4.79 Å². The van der Waals surface area contributed by atoms with Crippen LogP contribution in [0.4, 0.5) is 4.79 Å². The Labute approximate surface area is 138 Å². The fraction of sp³-hybridized carbons (Fsp3) is 0.611. The molecule has 0 bridgehead atoms. The van der Waals surface area contributed by atoms with Crippen LogP contribution in [0.25, 0.3) is 0 Å². The zero-order valence-electron chi connectivity index (χ0n) is 13.9. The summed E-state index contributed by atoms with van der Waals surface area (Å²) in [4.78, 5) is 14.4. The van der Waals surface area contributed by atoms with Gasteiger partial charge in [0.25, 0.3) is 0 Å². The highest BCUT2D eigenvalue weighted by Gasteiger charge is 2.33. The molecule has 2 N–H and O–H groups in total. The molecule has 1 aliphatic rings. The number of carbonyl (C=O) groups excluding carboxylic acids is 1. The molecule has 0 aliphatic carbocycles. The summed E-state index contributed by atoms with van der Waals surface area (Å²) < 4.78 is 5.50. The van der Waals surface area contributed by atoms with Crippen molar-refractivity contribution in [2.45, 2.75) is 51.3 Å². The number of amides is 1. The van der Waals surface area contributed by atoms with E-state index in [1.807, 2.05) is 42.2 Å². The van der Waals surface area contributed by atoms with E-state index in [4.69, 9.17) is 4.74 Å². The summed E-state index contributed by atoms with van der Waals surface area (Å²) in [7, 11) is 0. The SMILES string of the molecule is CCN[C@H](CCO)[C@@H]1CCCCN1C(=O)OCc1ccccc1. The third-order valence-electron chi connectivity index (χ3n) is 4.36. The van der Waals surface area contributed by atoms with Gasteiger partial charge in [-0.15, -0.1) is 0 Å². The highest BCUT2D eigenvalue weighted by molar-refractivity contribution is 5.68. The quantitative estimate of drug-likeness (QED) is 0.810. The number of benzene rings is 1. The van der Waals surface area contributed by atoms with Gasteiger partial charge in [0, 0.05) is 19.2 Å². The first kappa shape index (κ1) is 17.8. The van der Waals surface area contributed by atoms with Gasteiger partial charge < -0.3 is 20.1 Å². The molecule has 1 fully saturated rings. The molecule has 5 nitrogen and oxygen atoms in total. The Morgan fingerprint density at radius 1 is 1.39 bits per heavy atom. The molecule has 23 heavy (non-hydrogen) atoms. The topological polar surface area (TPSA) is 61.8 Å². The molecule has 1 aliphatic heterocycles. The summed E-state index contributed by atoms with van der Waals surface area (Å²) in [6.07, 6.45) is 3.48. The van der Waals surface area contributed by atoms with Crippen molar-refractivity contribution in [1.29, 1.82) is 0 Å². The van der Waals surface area contributed by atoms with Gasteiger partial charge in [0.2, 0.25) is 0 Å². The summed E-state index contributed by atoms with van der Waals surface area (Å²) in [6.45, 7) is 4.03. The van der Waals surface area contributed by atoms with Crippen LogP contribution in [0.15, 0.2) is 30.3 Å². The van der Waals surface area contributed by atoms with Gasteiger partial charge in [-0.1, -0.05) is 37.3 Å². The molecule has 2 rings (SSSR count). The average Bonchev–Trinajstić information content (AvgIpc) is 2.60. The molecule has 128 valence electrons. The molecule has 1 aromatic carbocycles. The van der Waals surface area contributed by atoms with Gasteiger partial charge in [0.1, 0.15) is 6.61 Å². The lowest BCUT2D eigenvalue weighted by Gasteiger charge is -2.39. The highest BCUT2D eigenvalue weighted by Crippen LogP contribution is 2.22. The van der Waals surface area contributed by atoms with Crippen LogP contribution in [-0.4, -0.2) is 47.9 Å². The number of carbonyl (C=O) groups is 1. The van der Waals surface area contributed by atoms with E-state index in [1.165, 1.54) is 0 Å². The Bertz CT molecular complexity index is 461. The van der Waals surface area contributed by atoms with Crippen molar-refractivity contribution in [1.82, 2.24) is 10.2 Å². The van der Waals surface area contributed by atoms with Gasteiger partial charge in [0.15, 0.2) is 0 Å². The fourth-order valence-corrected chi connectivity index (χ4v) is 3.24. The third kappa shape index (κ3) is 5.22. The van der Waals surface area contributed by atoms with Crippen molar-refractivity contribution in [2.24, 2.45) is 0 Å². The normalized spacial score (nSPS) is 19.4. The Balaban J connectivity index is 1.97. The standard InChI is InChI=1S/C18H28N2O3/c1-2-19-16(11-13-21)17-10-6-7-12-20(17)18(22)23-14-15-8-4-3-5-9-15/h3-5,8-9,16-17,19,21H,2,6-7,10-14H2,1H3/t16-,17+/m1/s1. The van der Waals surface area contributed by atoms with E-state index in [9.17, 15) is 9.90 Å². The molecule has 5 heteroatoms. The van der Waals surface area contributed by atoms with Crippen molar-refractivity contribution < 1.29 is 14.6 Å². The highest BCUT2D eigenvalue weighted by atomic mass is 16.6. The number of aliphatic hydroxyl groups excluding tert-OH is 1. The average molecular weight is 320 g/mol. The number of hydrogen-bond donors (Lipinski definition) is 2. The first-order valence-corrected chi connectivity index (χ1v) is 8.57. The molecule has 1 saturated heterocycles. The lowest BCUT2D eigenvalue weighted by atomic mass is 9.94. The molecule has 2 atom stereocenters. The van der Waals surface area contributed by atoms with E-state index < -0.39 is 0 Å². The molecule has 0 saturated carbocycles. The van der Waals surface area contributed by atoms with Gasteiger partial charge in [0.05, 0.1) is 6.04 Å². The van der Waals surface area contributed by atoms with Crippen LogP contribution in [0, 0.1) is 0 Å². The second kappa shape index (κ2) is 9.53. The first-order valence-electron chi connectivity index (χ1n) is 8.57. The first-order chi connectivity index (χ1) is 11.3. The minimum absolute atomic E-state index is 0.0964. The molecule has 0 spiro atoms. The number of nitrogens with one attached hydrogen (secondary N) is 1. The van der Waals surface area contributed by atoms with Gasteiger partial charge in [-0.2, -0.15) is 0 Å². The number of rotatable bonds is 7. The molecule has 1 amide bonds. The Morgan fingerprint density at radius 2 is 2.17 bits per heavy atom. The monoisotopic (exact) mass is 320 g/mol. The maximum Gasteiger partial charge on any atom is 0.410 e. The smallest absolute Gasteiger partial charge is 0.410 e. The second-order valence-electron chi connectivity index (χ2n) is 5.97. The van der Waals surface area contributed by atoms with Crippen LogP contribution in [-0.2, 0) is 11.3 Å². The Kier molecular flexibility index (Phi) is 7.36. The Hall–Kier alpha value is -1.59. The van der Waals surface area contributed by atoms with Crippen LogP contribution in [0.1, 0.15) is 38.2 Å². The predicted molar refractivity (Wildman–Crippen MR) is 90.1 cm³/mol. The number of piperidine rings is 1. The summed E-state index contributed by atoms with van der Waals surface area (Å²) >= 11 is 0. The Morgan fingerprint density at radius 3 is 2.87 bits per heavy atom. The van der Waals surface area contributed by atoms with Crippen LogP contribution in [0.5, 0.6) is 0 Å². The lowest BCUT2D eigenvalue weighted by Crippen LogP contribution is -2.54. The molecule has 1 heterocycles. The fourth-order valence-electron chi connectivity index (χ4n) is 3.24. The van der Waals surface area contributed by atoms with E-state index in [1.54, 1.807) is 0 Å². The molecule has 0 radical (unpaired) electrons. The van der Waals surface area contributed by atoms with E-state index in [0.29, 0.717) is 13.0 Å². The number of nitrogens with zero attached hydrogens (tertiary/aromatic N) is 1. The molecule has 0 aromatic heterocycles. The van der Waals surface area contributed by atoms with Crippen molar-refractivity contribution >= 4 is 6.09 Å². The van der Waals surface area contributed by atoms with Crippen LogP contribution in [0.3, 0.4) is 0 Å². The summed E-state index contributed by atoms with van der Waals surface area (Å²) in [5.74, 6) is 0. The van der Waals surface area contributed by atoms with Crippen molar-refractivity contribution in [3.8, 4) is 0 Å². The van der Waals surface area contributed by atoms with Gasteiger partial charge in [-0.05, 0) is 37.8 Å². The lowest BCUT2D eigenvalue weighted by molar-refractivity contribution is 0.0542. The van der Waals surface area contributed by atoms with Crippen LogP contribution >= 0.6 is 0 Å². The molecule has 1 aromatic rings. The second-order valence-corrected chi connectivity index (χ2v) is 5.97. The number of ether oxygens (including phenoxy) is 1. The van der Waals surface area contributed by atoms with Gasteiger partial charge >= 0.3 is 6.09 Å².